The lowest BCUT2D eigenvalue weighted by atomic mass is 9.98. The van der Waals surface area contributed by atoms with E-state index >= 15 is 0 Å². The van der Waals surface area contributed by atoms with Gasteiger partial charge in [-0.05, 0) is 64.1 Å². The molecule has 2 N–H and O–H groups in total. The fraction of sp³-hybridized carbons (Fsp3) is 0.500. The Morgan fingerprint density at radius 1 is 1.11 bits per heavy atom. The Labute approximate surface area is 259 Å². The number of benzene rings is 2. The molecule has 2 aromatic carbocycles. The van der Waals surface area contributed by atoms with Gasteiger partial charge in [-0.2, -0.15) is 9.40 Å². The molecule has 4 heterocycles. The summed E-state index contributed by atoms with van der Waals surface area (Å²) in [6, 6.07) is 12.8. The maximum Gasteiger partial charge on any atom is 0.244 e. The molecule has 6 rings (SSSR count). The monoisotopic (exact) mass is 622 g/mol. The van der Waals surface area contributed by atoms with E-state index in [9.17, 15) is 13.2 Å². The average molecular weight is 623 g/mol. The van der Waals surface area contributed by atoms with Gasteiger partial charge in [-0.25, -0.2) is 8.42 Å². The molecule has 2 fully saturated rings. The van der Waals surface area contributed by atoms with E-state index in [2.05, 4.69) is 38.4 Å². The van der Waals surface area contributed by atoms with E-state index in [0.717, 1.165) is 56.0 Å². The van der Waals surface area contributed by atoms with Crippen molar-refractivity contribution in [2.45, 2.75) is 56.1 Å². The van der Waals surface area contributed by atoms with Gasteiger partial charge in [-0.1, -0.05) is 6.07 Å². The van der Waals surface area contributed by atoms with E-state index in [1.54, 1.807) is 18.2 Å². The number of carbonyl (C=O) groups is 1. The molecule has 3 aliphatic heterocycles. The summed E-state index contributed by atoms with van der Waals surface area (Å²) in [5.74, 6) is 0.416. The topological polar surface area (TPSA) is 120 Å². The fourth-order valence-corrected chi connectivity index (χ4v) is 8.19. The van der Waals surface area contributed by atoms with Gasteiger partial charge in [-0.3, -0.25) is 9.89 Å². The van der Waals surface area contributed by atoms with Crippen molar-refractivity contribution in [3.8, 4) is 5.75 Å². The second-order valence-electron chi connectivity index (χ2n) is 12.4. The zero-order valence-corrected chi connectivity index (χ0v) is 26.7. The van der Waals surface area contributed by atoms with Crippen LogP contribution in [-0.4, -0.2) is 93.2 Å². The molecule has 3 aromatic rings. The first-order chi connectivity index (χ1) is 21.1. The Morgan fingerprint density at radius 2 is 1.86 bits per heavy atom. The van der Waals surface area contributed by atoms with Gasteiger partial charge in [0, 0.05) is 86.2 Å². The highest BCUT2D eigenvalue weighted by molar-refractivity contribution is 7.89. The van der Waals surface area contributed by atoms with E-state index in [1.807, 2.05) is 26.0 Å². The van der Waals surface area contributed by atoms with Crippen molar-refractivity contribution in [2.75, 3.05) is 63.8 Å². The van der Waals surface area contributed by atoms with Crippen molar-refractivity contribution in [3.05, 3.63) is 65.0 Å². The Hall–Kier alpha value is -3.45. The number of fused-ring (bicyclic) bond motifs is 1. The predicted molar refractivity (Wildman–Crippen MR) is 169 cm³/mol. The number of piperazine rings is 1. The minimum absolute atomic E-state index is 0.0529. The van der Waals surface area contributed by atoms with Crippen molar-refractivity contribution in [1.29, 1.82) is 0 Å². The van der Waals surface area contributed by atoms with E-state index in [-0.39, 0.29) is 29.7 Å². The third-order valence-corrected chi connectivity index (χ3v) is 11.2. The van der Waals surface area contributed by atoms with E-state index in [1.165, 1.54) is 17.5 Å². The standard InChI is InChI=1S/C32H42N6O5S/c1-32(2)31-27(21-38(32)44(40,41)25-7-5-6-24(19-25)42-4)29(34-35-31)20-30(39)26-9-8-23(37-14-12-36(3)13-15-37)18-28(26)33-22-10-16-43-17-11-22/h5-9,18-19,22,33H,10-17,20-21H2,1-4H3,(H,34,35). The van der Waals surface area contributed by atoms with Crippen LogP contribution in [0.1, 0.15) is 54.0 Å². The molecule has 236 valence electrons. The number of likely N-dealkylation sites (N-methyl/N-ethyl adjacent to an activating group) is 1. The number of hydrogen-bond acceptors (Lipinski definition) is 9. The molecule has 12 heteroatoms. The summed E-state index contributed by atoms with van der Waals surface area (Å²) in [4.78, 5) is 18.8. The van der Waals surface area contributed by atoms with Crippen molar-refractivity contribution >= 4 is 27.2 Å². The molecule has 0 radical (unpaired) electrons. The summed E-state index contributed by atoms with van der Waals surface area (Å²) in [7, 11) is -0.224. The summed E-state index contributed by atoms with van der Waals surface area (Å²) in [5.41, 5.74) is 3.68. The molecule has 3 aliphatic rings. The SMILES string of the molecule is COc1cccc(S(=O)(=O)N2Cc3c(n[nH]c3CC(=O)c3ccc(N4CCN(C)CC4)cc3NC3CCOCC3)C2(C)C)c1. The number of nitrogens with zero attached hydrogens (tertiary/aromatic N) is 4. The lowest BCUT2D eigenvalue weighted by Gasteiger charge is -2.34. The van der Waals surface area contributed by atoms with E-state index in [0.29, 0.717) is 35.9 Å². The Kier molecular flexibility index (Phi) is 8.44. The Balaban J connectivity index is 1.26. The van der Waals surface area contributed by atoms with Crippen LogP contribution in [0.4, 0.5) is 11.4 Å². The third kappa shape index (κ3) is 5.83. The van der Waals surface area contributed by atoms with Crippen LogP contribution in [0, 0.1) is 0 Å². The van der Waals surface area contributed by atoms with Crippen LogP contribution in [0.3, 0.4) is 0 Å². The lowest BCUT2D eigenvalue weighted by Crippen LogP contribution is -2.44. The molecule has 0 unspecified atom stereocenters. The summed E-state index contributed by atoms with van der Waals surface area (Å²) >= 11 is 0. The molecule has 11 nitrogen and oxygen atoms in total. The molecule has 0 spiro atoms. The van der Waals surface area contributed by atoms with Gasteiger partial charge >= 0.3 is 0 Å². The quantitative estimate of drug-likeness (QED) is 0.345. The normalized spacial score (nSPS) is 19.6. The molecule has 2 saturated heterocycles. The largest absolute Gasteiger partial charge is 0.497 e. The van der Waals surface area contributed by atoms with Crippen molar-refractivity contribution < 1.29 is 22.7 Å². The summed E-state index contributed by atoms with van der Waals surface area (Å²) in [5, 5.41) is 11.3. The molecular formula is C32H42N6O5S. The van der Waals surface area contributed by atoms with E-state index < -0.39 is 15.6 Å². The number of ketones is 1. The molecule has 0 bridgehead atoms. The van der Waals surface area contributed by atoms with Crippen LogP contribution in [0.2, 0.25) is 0 Å². The van der Waals surface area contributed by atoms with E-state index in [4.69, 9.17) is 9.47 Å². The number of Topliss-reactive ketones (excluding diaryl/α,β-unsaturated/α-hetero) is 1. The van der Waals surface area contributed by atoms with Gasteiger partial charge in [0.2, 0.25) is 10.0 Å². The molecule has 0 saturated carbocycles. The number of H-pyrrole nitrogens is 1. The van der Waals surface area contributed by atoms with Crippen LogP contribution in [-0.2, 0) is 33.3 Å². The van der Waals surface area contributed by atoms with Crippen LogP contribution >= 0.6 is 0 Å². The number of rotatable bonds is 9. The van der Waals surface area contributed by atoms with Gasteiger partial charge < -0.3 is 24.6 Å². The second kappa shape index (κ2) is 12.2. The maximum absolute atomic E-state index is 14.0. The van der Waals surface area contributed by atoms with Crippen LogP contribution in [0.25, 0.3) is 0 Å². The Bertz CT molecular complexity index is 1620. The zero-order valence-electron chi connectivity index (χ0n) is 25.9. The minimum Gasteiger partial charge on any atom is -0.497 e. The summed E-state index contributed by atoms with van der Waals surface area (Å²) in [6.45, 7) is 9.07. The number of sulfonamides is 1. The smallest absolute Gasteiger partial charge is 0.244 e. The van der Waals surface area contributed by atoms with Crippen LogP contribution in [0.5, 0.6) is 5.75 Å². The molecular weight excluding hydrogens is 580 g/mol. The number of hydrogen-bond donors (Lipinski definition) is 2. The average Bonchev–Trinajstić information content (AvgIpc) is 3.55. The van der Waals surface area contributed by atoms with Gasteiger partial charge in [0.05, 0.1) is 29.7 Å². The number of methoxy groups -OCH3 is 1. The van der Waals surface area contributed by atoms with Crippen LogP contribution < -0.4 is 15.0 Å². The van der Waals surface area contributed by atoms with Crippen molar-refractivity contribution in [3.63, 3.8) is 0 Å². The summed E-state index contributed by atoms with van der Waals surface area (Å²) < 4.78 is 39.9. The van der Waals surface area contributed by atoms with Crippen molar-refractivity contribution in [1.82, 2.24) is 19.4 Å². The number of nitrogens with one attached hydrogen (secondary N) is 2. The highest BCUT2D eigenvalue weighted by Crippen LogP contribution is 2.43. The lowest BCUT2D eigenvalue weighted by molar-refractivity contribution is 0.0904. The molecule has 0 aliphatic carbocycles. The number of aromatic nitrogens is 2. The molecule has 0 amide bonds. The summed E-state index contributed by atoms with van der Waals surface area (Å²) in [6.07, 6.45) is 1.85. The second-order valence-corrected chi connectivity index (χ2v) is 14.3. The minimum atomic E-state index is -3.87. The maximum atomic E-state index is 14.0. The Morgan fingerprint density at radius 3 is 2.59 bits per heavy atom. The molecule has 1 aromatic heterocycles. The van der Waals surface area contributed by atoms with Gasteiger partial charge in [0.25, 0.3) is 0 Å². The highest BCUT2D eigenvalue weighted by Gasteiger charge is 2.48. The zero-order chi connectivity index (χ0) is 31.1. The van der Waals surface area contributed by atoms with Gasteiger partial charge in [0.1, 0.15) is 5.75 Å². The first-order valence-corrected chi connectivity index (χ1v) is 16.7. The van der Waals surface area contributed by atoms with Gasteiger partial charge in [0.15, 0.2) is 5.78 Å². The number of aromatic amines is 1. The van der Waals surface area contributed by atoms with Crippen molar-refractivity contribution in [2.24, 2.45) is 0 Å². The highest BCUT2D eigenvalue weighted by atomic mass is 32.2. The van der Waals surface area contributed by atoms with Crippen LogP contribution in [0.15, 0.2) is 47.4 Å². The predicted octanol–water partition coefficient (Wildman–Crippen LogP) is 3.63. The third-order valence-electron chi connectivity index (χ3n) is 9.18. The number of carbonyl (C=O) groups excluding carboxylic acids is 1. The number of ether oxygens (including phenoxy) is 2. The fourth-order valence-electron chi connectivity index (χ4n) is 6.43. The first kappa shape index (κ1) is 30.6. The first-order valence-electron chi connectivity index (χ1n) is 15.3. The number of anilines is 2. The molecule has 0 atom stereocenters. The molecule has 44 heavy (non-hydrogen) atoms. The van der Waals surface area contributed by atoms with Gasteiger partial charge in [-0.15, -0.1) is 0 Å².